The van der Waals surface area contributed by atoms with Crippen molar-refractivity contribution in [2.75, 3.05) is 7.11 Å². The molecule has 0 saturated carbocycles. The summed E-state index contributed by atoms with van der Waals surface area (Å²) in [5.74, 6) is -0.702. The van der Waals surface area contributed by atoms with Gasteiger partial charge in [-0.3, -0.25) is 0 Å². The van der Waals surface area contributed by atoms with E-state index in [9.17, 15) is 9.90 Å². The van der Waals surface area contributed by atoms with E-state index < -0.39 is 26.0 Å². The topological polar surface area (TPSA) is 68.3 Å². The maximum absolute atomic E-state index is 12.0. The van der Waals surface area contributed by atoms with Crippen molar-refractivity contribution in [3.8, 4) is 0 Å². The van der Waals surface area contributed by atoms with E-state index in [2.05, 4.69) is 33.9 Å². The summed E-state index contributed by atoms with van der Waals surface area (Å²) in [6.45, 7) is 10.5. The molecule has 0 radical (unpaired) electrons. The summed E-state index contributed by atoms with van der Waals surface area (Å²) < 4.78 is 16.5. The summed E-state index contributed by atoms with van der Waals surface area (Å²) in [6, 6.07) is 0. The van der Waals surface area contributed by atoms with Crippen molar-refractivity contribution >= 4 is 14.3 Å². The van der Waals surface area contributed by atoms with E-state index >= 15 is 0 Å². The Balaban J connectivity index is 2.28. The summed E-state index contributed by atoms with van der Waals surface area (Å²) in [5, 5.41) is 10.7. The number of fused-ring (bicyclic) bond motifs is 1. The molecule has 0 bridgehead atoms. The number of hydrogen-bond acceptors (Lipinski definition) is 5. The van der Waals surface area contributed by atoms with Gasteiger partial charge in [0.1, 0.15) is 18.3 Å². The maximum atomic E-state index is 12.0. The largest absolute Gasteiger partial charge is 0.467 e. The van der Waals surface area contributed by atoms with Gasteiger partial charge in [0, 0.05) is 0 Å². The van der Waals surface area contributed by atoms with Gasteiger partial charge in [0.25, 0.3) is 0 Å². The third-order valence-corrected chi connectivity index (χ3v) is 9.03. The lowest BCUT2D eigenvalue weighted by Gasteiger charge is -2.42. The van der Waals surface area contributed by atoms with Crippen molar-refractivity contribution in [2.45, 2.75) is 62.8 Å². The zero-order chi connectivity index (χ0) is 15.3. The summed E-state index contributed by atoms with van der Waals surface area (Å²) in [7, 11) is -0.875. The van der Waals surface area contributed by atoms with Crippen LogP contribution in [0.4, 0.5) is 0 Å². The van der Waals surface area contributed by atoms with Crippen LogP contribution in [0.15, 0.2) is 12.2 Å². The van der Waals surface area contributed by atoms with Crippen LogP contribution in [-0.4, -0.2) is 50.4 Å². The van der Waals surface area contributed by atoms with Crippen molar-refractivity contribution in [3.05, 3.63) is 12.2 Å². The van der Waals surface area contributed by atoms with E-state index in [4.69, 9.17) is 13.9 Å². The van der Waals surface area contributed by atoms with Gasteiger partial charge >= 0.3 is 5.97 Å². The van der Waals surface area contributed by atoms with Gasteiger partial charge in [0.05, 0.1) is 7.11 Å². The first-order valence-corrected chi connectivity index (χ1v) is 9.77. The van der Waals surface area contributed by atoms with E-state index in [-0.39, 0.29) is 17.2 Å². The second kappa shape index (κ2) is 4.66. The first-order chi connectivity index (χ1) is 9.03. The fourth-order valence-electron chi connectivity index (χ4n) is 2.12. The fraction of sp³-hybridized carbons (Fsp3) is 0.786. The lowest BCUT2D eigenvalue weighted by molar-refractivity contribution is -0.167. The first-order valence-electron chi connectivity index (χ1n) is 6.86. The number of ether oxygens (including phenoxy) is 2. The van der Waals surface area contributed by atoms with Gasteiger partial charge < -0.3 is 19.0 Å². The van der Waals surface area contributed by atoms with Crippen LogP contribution in [0.3, 0.4) is 0 Å². The number of rotatable bonds is 3. The van der Waals surface area contributed by atoms with Crippen molar-refractivity contribution in [1.29, 1.82) is 0 Å². The minimum atomic E-state index is -2.14. The zero-order valence-electron chi connectivity index (χ0n) is 13.0. The standard InChI is InChI=1S/C14H24O5Si/c1-13(2,3)20(5,6)19-11-10-9(18-10)7-8-14(11,16)12(15)17-4/h7-11,16H,1-6H3/t9-,10-,11+,14-/m0/s1. The van der Waals surface area contributed by atoms with Crippen LogP contribution in [0.2, 0.25) is 18.1 Å². The van der Waals surface area contributed by atoms with E-state index in [1.165, 1.54) is 13.2 Å². The molecular formula is C14H24O5Si. The van der Waals surface area contributed by atoms with Gasteiger partial charge in [-0.25, -0.2) is 4.79 Å². The number of carbonyl (C=O) groups excluding carboxylic acids is 1. The lowest BCUT2D eigenvalue weighted by atomic mass is 9.88. The smallest absolute Gasteiger partial charge is 0.344 e. The third kappa shape index (κ3) is 2.45. The molecule has 2 rings (SSSR count). The molecule has 6 heteroatoms. The molecule has 0 unspecified atom stereocenters. The minimum Gasteiger partial charge on any atom is -0.467 e. The highest BCUT2D eigenvalue weighted by Gasteiger charge is 2.61. The molecule has 114 valence electrons. The lowest BCUT2D eigenvalue weighted by Crippen LogP contribution is -2.59. The molecule has 20 heavy (non-hydrogen) atoms. The van der Waals surface area contributed by atoms with Crippen LogP contribution in [0, 0.1) is 0 Å². The molecule has 5 nitrogen and oxygen atoms in total. The molecule has 1 heterocycles. The molecule has 1 fully saturated rings. The Labute approximate surface area is 121 Å². The van der Waals surface area contributed by atoms with Crippen LogP contribution < -0.4 is 0 Å². The Hall–Kier alpha value is -0.693. The van der Waals surface area contributed by atoms with Crippen LogP contribution in [0.1, 0.15) is 20.8 Å². The minimum absolute atomic E-state index is 0.0183. The molecule has 1 aliphatic carbocycles. The van der Waals surface area contributed by atoms with Crippen molar-refractivity contribution in [2.24, 2.45) is 0 Å². The predicted octanol–water partition coefficient (Wildman–Crippen LogP) is 1.62. The average Bonchev–Trinajstić information content (AvgIpc) is 3.10. The Morgan fingerprint density at radius 3 is 2.50 bits per heavy atom. The van der Waals surface area contributed by atoms with Gasteiger partial charge in [-0.15, -0.1) is 0 Å². The number of esters is 1. The van der Waals surface area contributed by atoms with Gasteiger partial charge in [-0.05, 0) is 24.2 Å². The molecule has 2 aliphatic rings. The molecule has 1 N–H and O–H groups in total. The first kappa shape index (κ1) is 15.7. The van der Waals surface area contributed by atoms with Gasteiger partial charge in [-0.1, -0.05) is 26.8 Å². The molecule has 1 saturated heterocycles. The second-order valence-electron chi connectivity index (χ2n) is 7.04. The molecular weight excluding hydrogens is 276 g/mol. The van der Waals surface area contributed by atoms with Gasteiger partial charge in [0.2, 0.25) is 5.60 Å². The highest BCUT2D eigenvalue weighted by Crippen LogP contribution is 2.45. The van der Waals surface area contributed by atoms with Crippen LogP contribution in [0.5, 0.6) is 0 Å². The Bertz CT molecular complexity index is 439. The molecule has 0 spiro atoms. The second-order valence-corrected chi connectivity index (χ2v) is 11.8. The quantitative estimate of drug-likeness (QED) is 0.371. The van der Waals surface area contributed by atoms with Gasteiger partial charge in [0.15, 0.2) is 8.32 Å². The molecule has 0 aromatic heterocycles. The highest BCUT2D eigenvalue weighted by atomic mass is 28.4. The van der Waals surface area contributed by atoms with E-state index in [1.807, 2.05) is 0 Å². The molecule has 0 aromatic rings. The molecule has 1 aliphatic heterocycles. The molecule has 4 atom stereocenters. The Kier molecular flexibility index (Phi) is 3.66. The number of aliphatic hydroxyl groups is 1. The normalized spacial score (nSPS) is 36.5. The summed E-state index contributed by atoms with van der Waals surface area (Å²) in [4.78, 5) is 12.0. The van der Waals surface area contributed by atoms with Crippen molar-refractivity contribution < 1.29 is 23.8 Å². The zero-order valence-corrected chi connectivity index (χ0v) is 14.0. The van der Waals surface area contributed by atoms with Crippen LogP contribution in [0.25, 0.3) is 0 Å². The summed E-state index contributed by atoms with van der Waals surface area (Å²) >= 11 is 0. The monoisotopic (exact) mass is 300 g/mol. The van der Waals surface area contributed by atoms with Crippen LogP contribution >= 0.6 is 0 Å². The van der Waals surface area contributed by atoms with E-state index in [0.717, 1.165) is 0 Å². The number of methoxy groups -OCH3 is 1. The summed E-state index contributed by atoms with van der Waals surface area (Å²) in [6.07, 6.45) is 2.12. The van der Waals surface area contributed by atoms with Crippen molar-refractivity contribution in [1.82, 2.24) is 0 Å². The number of hydrogen-bond donors (Lipinski definition) is 1. The Morgan fingerprint density at radius 2 is 2.00 bits per heavy atom. The molecule has 0 amide bonds. The van der Waals surface area contributed by atoms with Crippen molar-refractivity contribution in [3.63, 3.8) is 0 Å². The van der Waals surface area contributed by atoms with E-state index in [1.54, 1.807) is 6.08 Å². The average molecular weight is 300 g/mol. The number of epoxide rings is 1. The van der Waals surface area contributed by atoms with E-state index in [0.29, 0.717) is 0 Å². The highest BCUT2D eigenvalue weighted by molar-refractivity contribution is 6.74. The van der Waals surface area contributed by atoms with Crippen LogP contribution in [-0.2, 0) is 18.7 Å². The van der Waals surface area contributed by atoms with Gasteiger partial charge in [-0.2, -0.15) is 0 Å². The number of carbonyl (C=O) groups is 1. The SMILES string of the molecule is COC(=O)[C@]1(O)C=C[C@@H]2O[C@@H]2[C@H]1O[Si](C)(C)C(C)(C)C. The molecule has 0 aromatic carbocycles. The fourth-order valence-corrected chi connectivity index (χ4v) is 3.42. The maximum Gasteiger partial charge on any atom is 0.344 e. The summed E-state index contributed by atoms with van der Waals surface area (Å²) in [5.41, 5.74) is -1.76. The predicted molar refractivity (Wildman–Crippen MR) is 76.8 cm³/mol. The Morgan fingerprint density at radius 1 is 1.40 bits per heavy atom. The third-order valence-electron chi connectivity index (χ3n) is 4.57.